The average molecular weight is 401 g/mol. The minimum absolute atomic E-state index is 0.0310. The maximum absolute atomic E-state index is 12.6. The van der Waals surface area contributed by atoms with Crippen LogP contribution in [0.15, 0.2) is 59.5 Å². The van der Waals surface area contributed by atoms with Crippen LogP contribution in [0.25, 0.3) is 0 Å². The van der Waals surface area contributed by atoms with Gasteiger partial charge in [0.05, 0.1) is 11.4 Å². The Morgan fingerprint density at radius 3 is 2.36 bits per heavy atom. The van der Waals surface area contributed by atoms with Crippen molar-refractivity contribution in [2.24, 2.45) is 0 Å². The van der Waals surface area contributed by atoms with Gasteiger partial charge in [0.15, 0.2) is 0 Å². The number of urea groups is 1. The highest BCUT2D eigenvalue weighted by atomic mass is 32.2. The molecule has 0 radical (unpaired) electrons. The zero-order valence-electron chi connectivity index (χ0n) is 15.8. The lowest BCUT2D eigenvalue weighted by molar-refractivity contribution is -0.128. The summed E-state index contributed by atoms with van der Waals surface area (Å²) in [4.78, 5) is 26.2. The van der Waals surface area contributed by atoms with Crippen molar-refractivity contribution in [3.05, 3.63) is 65.7 Å². The molecule has 8 heteroatoms. The van der Waals surface area contributed by atoms with Crippen molar-refractivity contribution in [1.29, 1.82) is 0 Å². The third-order valence-corrected chi connectivity index (χ3v) is 6.50. The normalized spacial score (nSPS) is 17.2. The van der Waals surface area contributed by atoms with Crippen LogP contribution in [-0.2, 0) is 27.8 Å². The zero-order valence-corrected chi connectivity index (χ0v) is 16.6. The smallest absolute Gasteiger partial charge is 0.325 e. The third kappa shape index (κ3) is 4.23. The summed E-state index contributed by atoms with van der Waals surface area (Å²) in [6.45, 7) is 0.0310. The number of amides is 3. The molecule has 1 aliphatic heterocycles. The van der Waals surface area contributed by atoms with Gasteiger partial charge in [0, 0.05) is 14.1 Å². The summed E-state index contributed by atoms with van der Waals surface area (Å²) in [5.41, 5.74) is 1.68. The Hall–Kier alpha value is -2.71. The number of carbonyl (C=O) groups excluding carboxylic acids is 2. The van der Waals surface area contributed by atoms with E-state index in [1.54, 1.807) is 12.1 Å². The number of nitrogens with one attached hydrogen (secondary N) is 1. The summed E-state index contributed by atoms with van der Waals surface area (Å²) in [5.74, 6) is -0.290. The summed E-state index contributed by atoms with van der Waals surface area (Å²) >= 11 is 0. The molecule has 2 aromatic carbocycles. The number of nitrogens with zero attached hydrogens (tertiary/aromatic N) is 2. The van der Waals surface area contributed by atoms with E-state index < -0.39 is 22.1 Å². The van der Waals surface area contributed by atoms with Gasteiger partial charge in [0.2, 0.25) is 10.0 Å². The van der Waals surface area contributed by atoms with E-state index in [2.05, 4.69) is 5.32 Å². The summed E-state index contributed by atoms with van der Waals surface area (Å²) in [6, 6.07) is 15.0. The van der Waals surface area contributed by atoms with Crippen LogP contribution >= 0.6 is 0 Å². The average Bonchev–Trinajstić information content (AvgIpc) is 2.95. The predicted octanol–water partition coefficient (Wildman–Crippen LogP) is 1.99. The monoisotopic (exact) mass is 401 g/mol. The van der Waals surface area contributed by atoms with Crippen LogP contribution in [0.3, 0.4) is 0 Å². The van der Waals surface area contributed by atoms with Crippen molar-refractivity contribution < 1.29 is 18.0 Å². The number of hydrogen-bond donors (Lipinski definition) is 1. The predicted molar refractivity (Wildman–Crippen MR) is 105 cm³/mol. The van der Waals surface area contributed by atoms with Crippen molar-refractivity contribution in [2.45, 2.75) is 30.3 Å². The molecule has 1 unspecified atom stereocenters. The van der Waals surface area contributed by atoms with E-state index in [1.807, 2.05) is 30.3 Å². The van der Waals surface area contributed by atoms with Crippen LogP contribution in [0.4, 0.5) is 4.79 Å². The number of benzene rings is 2. The molecule has 0 spiro atoms. The highest BCUT2D eigenvalue weighted by molar-refractivity contribution is 7.89. The van der Waals surface area contributed by atoms with Gasteiger partial charge < -0.3 is 5.32 Å². The lowest BCUT2D eigenvalue weighted by Crippen LogP contribution is -2.31. The van der Waals surface area contributed by atoms with Gasteiger partial charge in [0.25, 0.3) is 5.91 Å². The van der Waals surface area contributed by atoms with E-state index in [0.29, 0.717) is 18.4 Å². The number of rotatable bonds is 7. The molecule has 1 saturated heterocycles. The summed E-state index contributed by atoms with van der Waals surface area (Å²) in [5, 5.41) is 2.72. The molecule has 28 heavy (non-hydrogen) atoms. The minimum Gasteiger partial charge on any atom is -0.326 e. The molecule has 7 nitrogen and oxygen atoms in total. The molecule has 0 aromatic heterocycles. The second kappa shape index (κ2) is 8.12. The fourth-order valence-corrected chi connectivity index (χ4v) is 4.05. The Morgan fingerprint density at radius 2 is 1.68 bits per heavy atom. The second-order valence-electron chi connectivity index (χ2n) is 6.89. The van der Waals surface area contributed by atoms with E-state index in [1.165, 1.54) is 26.2 Å². The van der Waals surface area contributed by atoms with Gasteiger partial charge in [-0.25, -0.2) is 17.5 Å². The molecule has 0 bridgehead atoms. The SMILES string of the molecule is CN(C)S(=O)(=O)c1cccc(CN2C(=O)NC(CCc3ccccc3)C2=O)c1. The fourth-order valence-electron chi connectivity index (χ4n) is 3.08. The molecule has 3 rings (SSSR count). The lowest BCUT2D eigenvalue weighted by Gasteiger charge is -2.15. The van der Waals surface area contributed by atoms with E-state index >= 15 is 0 Å². The lowest BCUT2D eigenvalue weighted by atomic mass is 10.1. The van der Waals surface area contributed by atoms with Crippen molar-refractivity contribution in [3.63, 3.8) is 0 Å². The number of sulfonamides is 1. The summed E-state index contributed by atoms with van der Waals surface area (Å²) in [7, 11) is -0.670. The van der Waals surface area contributed by atoms with Gasteiger partial charge in [-0.2, -0.15) is 0 Å². The van der Waals surface area contributed by atoms with Gasteiger partial charge in [-0.15, -0.1) is 0 Å². The van der Waals surface area contributed by atoms with Crippen molar-refractivity contribution in [3.8, 4) is 0 Å². The fraction of sp³-hybridized carbons (Fsp3) is 0.300. The molecular formula is C20H23N3O4S. The van der Waals surface area contributed by atoms with Crippen molar-refractivity contribution in [1.82, 2.24) is 14.5 Å². The maximum atomic E-state index is 12.6. The number of imide groups is 1. The van der Waals surface area contributed by atoms with E-state index in [9.17, 15) is 18.0 Å². The van der Waals surface area contributed by atoms with Crippen LogP contribution in [0, 0.1) is 0 Å². The molecule has 3 amide bonds. The van der Waals surface area contributed by atoms with Gasteiger partial charge in [-0.3, -0.25) is 9.69 Å². The van der Waals surface area contributed by atoms with Crippen molar-refractivity contribution >= 4 is 22.0 Å². The molecular weight excluding hydrogens is 378 g/mol. The Morgan fingerprint density at radius 1 is 1.00 bits per heavy atom. The maximum Gasteiger partial charge on any atom is 0.325 e. The molecule has 1 heterocycles. The minimum atomic E-state index is -3.58. The van der Waals surface area contributed by atoms with Gasteiger partial charge in [-0.1, -0.05) is 42.5 Å². The zero-order chi connectivity index (χ0) is 20.3. The van der Waals surface area contributed by atoms with Crippen LogP contribution in [0.1, 0.15) is 17.5 Å². The second-order valence-corrected chi connectivity index (χ2v) is 9.04. The van der Waals surface area contributed by atoms with E-state index in [-0.39, 0.29) is 17.3 Å². The molecule has 1 fully saturated rings. The number of hydrogen-bond acceptors (Lipinski definition) is 4. The first-order chi connectivity index (χ1) is 13.3. The van der Waals surface area contributed by atoms with Crippen LogP contribution in [-0.4, -0.2) is 49.7 Å². The molecule has 1 aliphatic rings. The Bertz CT molecular complexity index is 974. The molecule has 0 saturated carbocycles. The van der Waals surface area contributed by atoms with Crippen molar-refractivity contribution in [2.75, 3.05) is 14.1 Å². The largest absolute Gasteiger partial charge is 0.326 e. The Balaban J connectivity index is 1.69. The first-order valence-corrected chi connectivity index (χ1v) is 10.4. The Labute approximate surface area is 165 Å². The van der Waals surface area contributed by atoms with Gasteiger partial charge >= 0.3 is 6.03 Å². The van der Waals surface area contributed by atoms with Gasteiger partial charge in [-0.05, 0) is 36.1 Å². The highest BCUT2D eigenvalue weighted by Crippen LogP contribution is 2.19. The van der Waals surface area contributed by atoms with Crippen LogP contribution in [0.5, 0.6) is 0 Å². The summed E-state index contributed by atoms with van der Waals surface area (Å²) in [6.07, 6.45) is 1.20. The molecule has 1 N–H and O–H groups in total. The van der Waals surface area contributed by atoms with Gasteiger partial charge in [0.1, 0.15) is 6.04 Å². The third-order valence-electron chi connectivity index (χ3n) is 4.69. The quantitative estimate of drug-likeness (QED) is 0.719. The van der Waals surface area contributed by atoms with Crippen LogP contribution < -0.4 is 5.32 Å². The molecule has 0 aliphatic carbocycles. The standard InChI is InChI=1S/C20H23N3O4S/c1-22(2)28(26,27)17-10-6-9-16(13-17)14-23-19(24)18(21-20(23)25)12-11-15-7-4-3-5-8-15/h3-10,13,18H,11-12,14H2,1-2H3,(H,21,25). The topological polar surface area (TPSA) is 86.8 Å². The molecule has 2 aromatic rings. The highest BCUT2D eigenvalue weighted by Gasteiger charge is 2.37. The first kappa shape index (κ1) is 20.0. The summed E-state index contributed by atoms with van der Waals surface area (Å²) < 4.78 is 25.7. The number of carbonyl (C=O) groups is 2. The number of aryl methyl sites for hydroxylation is 1. The Kier molecular flexibility index (Phi) is 5.81. The first-order valence-electron chi connectivity index (χ1n) is 8.96. The molecule has 1 atom stereocenters. The molecule has 148 valence electrons. The van der Waals surface area contributed by atoms with Crippen LogP contribution in [0.2, 0.25) is 0 Å². The van der Waals surface area contributed by atoms with E-state index in [0.717, 1.165) is 14.8 Å². The van der Waals surface area contributed by atoms with E-state index in [4.69, 9.17) is 0 Å².